The van der Waals surface area contributed by atoms with Crippen LogP contribution in [0.25, 0.3) is 0 Å². The van der Waals surface area contributed by atoms with E-state index in [0.29, 0.717) is 22.2 Å². The van der Waals surface area contributed by atoms with Gasteiger partial charge in [0, 0.05) is 16.2 Å². The van der Waals surface area contributed by atoms with Crippen LogP contribution in [0.3, 0.4) is 0 Å². The minimum absolute atomic E-state index is 0.107. The summed E-state index contributed by atoms with van der Waals surface area (Å²) in [4.78, 5) is 12.1. The highest BCUT2D eigenvalue weighted by Gasteiger charge is 2.12. The Hall–Kier alpha value is -1.92. The van der Waals surface area contributed by atoms with E-state index in [1.807, 2.05) is 24.3 Å². The number of methoxy groups -OCH3 is 2. The van der Waals surface area contributed by atoms with Crippen LogP contribution in [0.15, 0.2) is 40.9 Å². The molecule has 0 atom stereocenters. The zero-order valence-corrected chi connectivity index (χ0v) is 15.0. The van der Waals surface area contributed by atoms with Crippen LogP contribution in [-0.2, 0) is 4.79 Å². The first-order valence-corrected chi connectivity index (χ1v) is 7.92. The lowest BCUT2D eigenvalue weighted by Crippen LogP contribution is -2.22. The highest BCUT2D eigenvalue weighted by molar-refractivity contribution is 9.10. The fraction of sp³-hybridized carbons (Fsp3) is 0.188. The summed E-state index contributed by atoms with van der Waals surface area (Å²) in [6.45, 7) is 0.107. The van der Waals surface area contributed by atoms with Gasteiger partial charge in [-0.1, -0.05) is 23.7 Å². The molecular weight excluding hydrogens is 384 g/mol. The Bertz CT molecular complexity index is 710. The molecule has 0 spiro atoms. The fourth-order valence-electron chi connectivity index (χ4n) is 1.93. The number of anilines is 2. The van der Waals surface area contributed by atoms with Gasteiger partial charge >= 0.3 is 0 Å². The summed E-state index contributed by atoms with van der Waals surface area (Å²) >= 11 is 9.50. The van der Waals surface area contributed by atoms with E-state index in [1.54, 1.807) is 12.1 Å². The third kappa shape index (κ3) is 4.53. The molecule has 2 aromatic carbocycles. The summed E-state index contributed by atoms with van der Waals surface area (Å²) in [5.41, 5.74) is 1.32. The molecular formula is C16H16BrClN2O3. The average molecular weight is 400 g/mol. The van der Waals surface area contributed by atoms with E-state index >= 15 is 0 Å². The summed E-state index contributed by atoms with van der Waals surface area (Å²) in [7, 11) is 3.03. The first-order chi connectivity index (χ1) is 11.0. The zero-order valence-electron chi connectivity index (χ0n) is 12.7. The van der Waals surface area contributed by atoms with Crippen molar-refractivity contribution in [1.82, 2.24) is 0 Å². The third-order valence-electron chi connectivity index (χ3n) is 3.06. The molecule has 0 aromatic heterocycles. The van der Waals surface area contributed by atoms with Crippen molar-refractivity contribution in [3.63, 3.8) is 0 Å². The molecule has 0 aliphatic rings. The van der Waals surface area contributed by atoms with Gasteiger partial charge in [0.05, 0.1) is 31.5 Å². The van der Waals surface area contributed by atoms with Gasteiger partial charge in [-0.05, 0) is 34.1 Å². The van der Waals surface area contributed by atoms with Crippen LogP contribution in [0.1, 0.15) is 0 Å². The van der Waals surface area contributed by atoms with Crippen molar-refractivity contribution in [3.8, 4) is 11.5 Å². The monoisotopic (exact) mass is 398 g/mol. The van der Waals surface area contributed by atoms with Gasteiger partial charge in [0.25, 0.3) is 0 Å². The minimum atomic E-state index is -0.222. The first kappa shape index (κ1) is 17.4. The fourth-order valence-corrected chi connectivity index (χ4v) is 2.60. The predicted molar refractivity (Wildman–Crippen MR) is 95.8 cm³/mol. The number of rotatable bonds is 6. The molecule has 0 aliphatic carbocycles. The molecule has 0 bridgehead atoms. The van der Waals surface area contributed by atoms with E-state index in [9.17, 15) is 4.79 Å². The first-order valence-electron chi connectivity index (χ1n) is 6.75. The Kier molecular flexibility index (Phi) is 6.12. The van der Waals surface area contributed by atoms with E-state index in [0.717, 1.165) is 10.2 Å². The molecule has 7 heteroatoms. The largest absolute Gasteiger partial charge is 0.495 e. The molecule has 0 radical (unpaired) electrons. The van der Waals surface area contributed by atoms with Crippen molar-refractivity contribution < 1.29 is 14.3 Å². The molecule has 2 rings (SSSR count). The van der Waals surface area contributed by atoms with E-state index in [1.165, 1.54) is 14.2 Å². The maximum Gasteiger partial charge on any atom is 0.243 e. The number of carbonyl (C=O) groups excluding carboxylic acids is 1. The van der Waals surface area contributed by atoms with Gasteiger partial charge in [-0.2, -0.15) is 0 Å². The lowest BCUT2D eigenvalue weighted by atomic mass is 10.2. The molecule has 2 aromatic rings. The van der Waals surface area contributed by atoms with Gasteiger partial charge in [-0.15, -0.1) is 0 Å². The maximum absolute atomic E-state index is 12.1. The van der Waals surface area contributed by atoms with Gasteiger partial charge in [0.2, 0.25) is 5.91 Å². The van der Waals surface area contributed by atoms with Gasteiger partial charge in [-0.3, -0.25) is 4.79 Å². The molecule has 1 amide bonds. The molecule has 0 fully saturated rings. The molecule has 0 saturated heterocycles. The van der Waals surface area contributed by atoms with Crippen molar-refractivity contribution in [2.75, 3.05) is 31.4 Å². The van der Waals surface area contributed by atoms with Crippen molar-refractivity contribution in [3.05, 3.63) is 45.9 Å². The number of carbonyl (C=O) groups is 1. The van der Waals surface area contributed by atoms with Crippen molar-refractivity contribution in [2.24, 2.45) is 0 Å². The number of hydrogen-bond acceptors (Lipinski definition) is 4. The second-order valence-electron chi connectivity index (χ2n) is 4.57. The van der Waals surface area contributed by atoms with Crippen LogP contribution in [0.2, 0.25) is 5.02 Å². The van der Waals surface area contributed by atoms with Gasteiger partial charge in [0.15, 0.2) is 0 Å². The predicted octanol–water partition coefficient (Wildman–Crippen LogP) is 4.17. The molecule has 0 saturated carbocycles. The normalized spacial score (nSPS) is 10.1. The van der Waals surface area contributed by atoms with Crippen molar-refractivity contribution in [1.29, 1.82) is 0 Å². The Morgan fingerprint density at radius 2 is 1.83 bits per heavy atom. The molecule has 23 heavy (non-hydrogen) atoms. The molecule has 5 nitrogen and oxygen atoms in total. The molecule has 122 valence electrons. The molecule has 0 heterocycles. The summed E-state index contributed by atoms with van der Waals surface area (Å²) in [5, 5.41) is 6.20. The van der Waals surface area contributed by atoms with E-state index in [2.05, 4.69) is 26.6 Å². The smallest absolute Gasteiger partial charge is 0.243 e. The van der Waals surface area contributed by atoms with Crippen LogP contribution in [0, 0.1) is 0 Å². The number of para-hydroxylation sites is 1. The molecule has 2 N–H and O–H groups in total. The SMILES string of the molecule is COc1cc(OC)c(NC(=O)CNc2ccccc2Br)cc1Cl. The Morgan fingerprint density at radius 1 is 1.13 bits per heavy atom. The number of ether oxygens (including phenoxy) is 2. The quantitative estimate of drug-likeness (QED) is 0.765. The number of hydrogen-bond donors (Lipinski definition) is 2. The van der Waals surface area contributed by atoms with Gasteiger partial charge < -0.3 is 20.1 Å². The Morgan fingerprint density at radius 3 is 2.48 bits per heavy atom. The Balaban J connectivity index is 2.05. The number of benzene rings is 2. The molecule has 0 unspecified atom stereocenters. The lowest BCUT2D eigenvalue weighted by Gasteiger charge is -2.14. The summed E-state index contributed by atoms with van der Waals surface area (Å²) in [5.74, 6) is 0.730. The van der Waals surface area contributed by atoms with E-state index < -0.39 is 0 Å². The summed E-state index contributed by atoms with van der Waals surface area (Å²) in [6.07, 6.45) is 0. The Labute approximate surface area is 148 Å². The van der Waals surface area contributed by atoms with E-state index in [4.69, 9.17) is 21.1 Å². The van der Waals surface area contributed by atoms with Crippen LogP contribution in [0.4, 0.5) is 11.4 Å². The minimum Gasteiger partial charge on any atom is -0.495 e. The van der Waals surface area contributed by atoms with Crippen LogP contribution >= 0.6 is 27.5 Å². The summed E-state index contributed by atoms with van der Waals surface area (Å²) in [6, 6.07) is 10.8. The van der Waals surface area contributed by atoms with Crippen LogP contribution in [0.5, 0.6) is 11.5 Å². The second kappa shape index (κ2) is 8.08. The van der Waals surface area contributed by atoms with Gasteiger partial charge in [0.1, 0.15) is 11.5 Å². The van der Waals surface area contributed by atoms with Crippen LogP contribution < -0.4 is 20.1 Å². The standard InChI is InChI=1S/C16H16BrClN2O3/c1-22-14-8-15(23-2)13(7-11(14)18)20-16(21)9-19-12-6-4-3-5-10(12)17/h3-8,19H,9H2,1-2H3,(H,20,21). The maximum atomic E-state index is 12.1. The summed E-state index contributed by atoms with van der Waals surface area (Å²) < 4.78 is 11.3. The topological polar surface area (TPSA) is 59.6 Å². The van der Waals surface area contributed by atoms with E-state index in [-0.39, 0.29) is 12.5 Å². The number of nitrogens with one attached hydrogen (secondary N) is 2. The number of halogens is 2. The number of amides is 1. The second-order valence-corrected chi connectivity index (χ2v) is 5.83. The highest BCUT2D eigenvalue weighted by Crippen LogP contribution is 2.35. The van der Waals surface area contributed by atoms with Crippen LogP contribution in [-0.4, -0.2) is 26.7 Å². The van der Waals surface area contributed by atoms with Crippen molar-refractivity contribution in [2.45, 2.75) is 0 Å². The zero-order chi connectivity index (χ0) is 16.8. The van der Waals surface area contributed by atoms with Crippen molar-refractivity contribution >= 4 is 44.8 Å². The van der Waals surface area contributed by atoms with Gasteiger partial charge in [-0.25, -0.2) is 0 Å². The third-order valence-corrected chi connectivity index (χ3v) is 4.05. The lowest BCUT2D eigenvalue weighted by molar-refractivity contribution is -0.114. The average Bonchev–Trinajstić information content (AvgIpc) is 2.54. The molecule has 0 aliphatic heterocycles. The highest BCUT2D eigenvalue weighted by atomic mass is 79.9.